The first kappa shape index (κ1) is 13.3. The minimum atomic E-state index is -3.10. The number of rotatable bonds is 7. The average molecular weight is 262 g/mol. The Morgan fingerprint density at radius 2 is 1.76 bits per heavy atom. The summed E-state index contributed by atoms with van der Waals surface area (Å²) in [6, 6.07) is 0.728. The quantitative estimate of drug-likeness (QED) is 0.644. The molecule has 1 saturated carbocycles. The fraction of sp³-hybridized carbons (Fsp3) is 1.00. The molecule has 0 atom stereocenters. The van der Waals surface area contributed by atoms with Crippen molar-refractivity contribution >= 4 is 10.0 Å². The van der Waals surface area contributed by atoms with Crippen molar-refractivity contribution in [2.75, 3.05) is 25.5 Å². The van der Waals surface area contributed by atoms with Crippen LogP contribution in [0.5, 0.6) is 0 Å². The summed E-state index contributed by atoms with van der Waals surface area (Å²) in [5.74, 6) is 0.226. The van der Waals surface area contributed by atoms with Crippen LogP contribution >= 0.6 is 0 Å². The van der Waals surface area contributed by atoms with Gasteiger partial charge in [0.05, 0.1) is 5.75 Å². The Kier molecular flexibility index (Phi) is 4.78. The SMILES string of the molecule is O=S(=O)(CCCNC1CC1)NC1CCOCC1. The van der Waals surface area contributed by atoms with Crippen molar-refractivity contribution < 1.29 is 13.2 Å². The van der Waals surface area contributed by atoms with Crippen molar-refractivity contribution in [2.45, 2.75) is 44.2 Å². The van der Waals surface area contributed by atoms with Crippen molar-refractivity contribution in [3.63, 3.8) is 0 Å². The van der Waals surface area contributed by atoms with Gasteiger partial charge in [-0.3, -0.25) is 0 Å². The molecule has 1 heterocycles. The molecule has 6 heteroatoms. The smallest absolute Gasteiger partial charge is 0.211 e. The zero-order chi connectivity index (χ0) is 12.1. The Hall–Kier alpha value is -0.170. The molecular weight excluding hydrogens is 240 g/mol. The van der Waals surface area contributed by atoms with Crippen molar-refractivity contribution in [1.82, 2.24) is 10.0 Å². The molecule has 2 rings (SSSR count). The van der Waals surface area contributed by atoms with Gasteiger partial charge in [0.1, 0.15) is 0 Å². The lowest BCUT2D eigenvalue weighted by molar-refractivity contribution is 0.0832. The fourth-order valence-corrected chi connectivity index (χ4v) is 3.37. The topological polar surface area (TPSA) is 67.4 Å². The number of ether oxygens (including phenoxy) is 1. The van der Waals surface area contributed by atoms with E-state index in [1.807, 2.05) is 0 Å². The monoisotopic (exact) mass is 262 g/mol. The van der Waals surface area contributed by atoms with Crippen LogP contribution < -0.4 is 10.0 Å². The molecule has 0 radical (unpaired) electrons. The Balaban J connectivity index is 1.62. The van der Waals surface area contributed by atoms with Crippen LogP contribution in [0.15, 0.2) is 0 Å². The number of hydrogen-bond donors (Lipinski definition) is 2. The van der Waals surface area contributed by atoms with Gasteiger partial charge in [-0.2, -0.15) is 0 Å². The van der Waals surface area contributed by atoms with Gasteiger partial charge in [0.25, 0.3) is 0 Å². The molecule has 2 aliphatic rings. The van der Waals surface area contributed by atoms with E-state index < -0.39 is 10.0 Å². The largest absolute Gasteiger partial charge is 0.381 e. The van der Waals surface area contributed by atoms with Crippen molar-refractivity contribution in [1.29, 1.82) is 0 Å². The first-order valence-corrected chi connectivity index (χ1v) is 8.12. The van der Waals surface area contributed by atoms with E-state index in [2.05, 4.69) is 10.0 Å². The lowest BCUT2D eigenvalue weighted by atomic mass is 10.1. The maximum absolute atomic E-state index is 11.8. The summed E-state index contributed by atoms with van der Waals surface area (Å²) in [6.45, 7) is 2.13. The molecular formula is C11H22N2O3S. The Bertz CT molecular complexity index is 322. The van der Waals surface area contributed by atoms with Gasteiger partial charge in [0.2, 0.25) is 10.0 Å². The molecule has 2 N–H and O–H groups in total. The third kappa shape index (κ3) is 5.33. The molecule has 0 aromatic rings. The summed E-state index contributed by atoms with van der Waals surface area (Å²) in [4.78, 5) is 0. The summed E-state index contributed by atoms with van der Waals surface area (Å²) in [7, 11) is -3.10. The van der Waals surface area contributed by atoms with E-state index in [0.29, 0.717) is 25.7 Å². The zero-order valence-corrected chi connectivity index (χ0v) is 11.0. The van der Waals surface area contributed by atoms with Gasteiger partial charge in [-0.25, -0.2) is 13.1 Å². The maximum Gasteiger partial charge on any atom is 0.211 e. The van der Waals surface area contributed by atoms with E-state index in [1.54, 1.807) is 0 Å². The predicted octanol–water partition coefficient (Wildman–Crippen LogP) is 0.227. The van der Waals surface area contributed by atoms with Crippen molar-refractivity contribution in [3.05, 3.63) is 0 Å². The molecule has 5 nitrogen and oxygen atoms in total. The lowest BCUT2D eigenvalue weighted by Crippen LogP contribution is -2.40. The Morgan fingerprint density at radius 3 is 2.41 bits per heavy atom. The van der Waals surface area contributed by atoms with Gasteiger partial charge in [-0.15, -0.1) is 0 Å². The van der Waals surface area contributed by atoms with E-state index in [1.165, 1.54) is 12.8 Å². The van der Waals surface area contributed by atoms with E-state index in [4.69, 9.17) is 4.74 Å². The molecule has 1 aliphatic heterocycles. The van der Waals surface area contributed by atoms with Gasteiger partial charge < -0.3 is 10.1 Å². The highest BCUT2D eigenvalue weighted by Gasteiger charge is 2.22. The van der Waals surface area contributed by atoms with Crippen LogP contribution in [-0.2, 0) is 14.8 Å². The van der Waals surface area contributed by atoms with Gasteiger partial charge >= 0.3 is 0 Å². The number of sulfonamides is 1. The molecule has 2 fully saturated rings. The van der Waals surface area contributed by atoms with Gasteiger partial charge in [0, 0.05) is 25.3 Å². The van der Waals surface area contributed by atoms with Crippen LogP contribution in [0.1, 0.15) is 32.1 Å². The molecule has 1 aliphatic carbocycles. The fourth-order valence-electron chi connectivity index (χ4n) is 1.98. The molecule has 0 aromatic carbocycles. The van der Waals surface area contributed by atoms with Crippen molar-refractivity contribution in [3.8, 4) is 0 Å². The molecule has 0 unspecified atom stereocenters. The second-order valence-electron chi connectivity index (χ2n) is 4.91. The predicted molar refractivity (Wildman–Crippen MR) is 66.4 cm³/mol. The minimum Gasteiger partial charge on any atom is -0.381 e. The highest BCUT2D eigenvalue weighted by Crippen LogP contribution is 2.18. The van der Waals surface area contributed by atoms with Gasteiger partial charge in [0.15, 0.2) is 0 Å². The lowest BCUT2D eigenvalue weighted by Gasteiger charge is -2.22. The molecule has 0 spiro atoms. The molecule has 1 saturated heterocycles. The van der Waals surface area contributed by atoms with Crippen LogP contribution in [0.3, 0.4) is 0 Å². The highest BCUT2D eigenvalue weighted by molar-refractivity contribution is 7.89. The van der Waals surface area contributed by atoms with Gasteiger partial charge in [-0.05, 0) is 38.6 Å². The standard InChI is InChI=1S/C11H22N2O3S/c14-17(15,9-1-6-12-10-2-3-10)13-11-4-7-16-8-5-11/h10-13H,1-9H2. The molecule has 0 bridgehead atoms. The molecule has 100 valence electrons. The normalized spacial score (nSPS) is 22.8. The van der Waals surface area contributed by atoms with Crippen LogP contribution in [0.2, 0.25) is 0 Å². The average Bonchev–Trinajstić information content (AvgIpc) is 3.09. The summed E-state index contributed by atoms with van der Waals surface area (Å²) >= 11 is 0. The summed E-state index contributed by atoms with van der Waals surface area (Å²) in [5.41, 5.74) is 0. The summed E-state index contributed by atoms with van der Waals surface area (Å²) in [5, 5.41) is 3.32. The first-order chi connectivity index (χ1) is 8.16. The van der Waals surface area contributed by atoms with Gasteiger partial charge in [-0.1, -0.05) is 0 Å². The summed E-state index contributed by atoms with van der Waals surface area (Å²) in [6.07, 6.45) is 4.76. The first-order valence-electron chi connectivity index (χ1n) is 6.47. The number of nitrogens with one attached hydrogen (secondary N) is 2. The van der Waals surface area contributed by atoms with E-state index in [0.717, 1.165) is 19.4 Å². The highest BCUT2D eigenvalue weighted by atomic mass is 32.2. The summed E-state index contributed by atoms with van der Waals surface area (Å²) < 4.78 is 31.5. The van der Waals surface area contributed by atoms with E-state index >= 15 is 0 Å². The Morgan fingerprint density at radius 1 is 1.06 bits per heavy atom. The van der Waals surface area contributed by atoms with Crippen molar-refractivity contribution in [2.24, 2.45) is 0 Å². The van der Waals surface area contributed by atoms with E-state index in [9.17, 15) is 8.42 Å². The number of hydrogen-bond acceptors (Lipinski definition) is 4. The third-order valence-electron chi connectivity index (χ3n) is 3.17. The molecule has 17 heavy (non-hydrogen) atoms. The van der Waals surface area contributed by atoms with Crippen LogP contribution in [0, 0.1) is 0 Å². The molecule has 0 amide bonds. The minimum absolute atomic E-state index is 0.0742. The van der Waals surface area contributed by atoms with Crippen LogP contribution in [0.25, 0.3) is 0 Å². The molecule has 0 aromatic heterocycles. The maximum atomic E-state index is 11.8. The van der Waals surface area contributed by atoms with E-state index in [-0.39, 0.29) is 11.8 Å². The third-order valence-corrected chi connectivity index (χ3v) is 4.69. The Labute approximate surface area is 103 Å². The second kappa shape index (κ2) is 6.13. The second-order valence-corrected chi connectivity index (χ2v) is 6.78. The van der Waals surface area contributed by atoms with Crippen LogP contribution in [-0.4, -0.2) is 46.0 Å². The zero-order valence-electron chi connectivity index (χ0n) is 10.2. The van der Waals surface area contributed by atoms with Crippen LogP contribution in [0.4, 0.5) is 0 Å².